The van der Waals surface area contributed by atoms with Crippen LogP contribution in [0.25, 0.3) is 0 Å². The number of amides is 1. The lowest BCUT2D eigenvalue weighted by Gasteiger charge is -2.11. The Balaban J connectivity index is 1.60. The smallest absolute Gasteiger partial charge is 0.251 e. The van der Waals surface area contributed by atoms with E-state index in [0.29, 0.717) is 36.0 Å². The number of ether oxygens (including phenoxy) is 2. The minimum atomic E-state index is -0.167. The Kier molecular flexibility index (Phi) is 6.46. The number of nitrogens with zero attached hydrogens (tertiary/aromatic N) is 1. The third-order valence-electron chi connectivity index (χ3n) is 4.24. The van der Waals surface area contributed by atoms with Crippen molar-refractivity contribution in [2.45, 2.75) is 13.1 Å². The number of anilines is 1. The number of aromatic nitrogens is 1. The van der Waals surface area contributed by atoms with Gasteiger partial charge in [0, 0.05) is 24.8 Å². The zero-order valence-corrected chi connectivity index (χ0v) is 15.9. The van der Waals surface area contributed by atoms with Crippen molar-refractivity contribution in [3.63, 3.8) is 0 Å². The summed E-state index contributed by atoms with van der Waals surface area (Å²) in [5.74, 6) is 1.77. The minimum absolute atomic E-state index is 0.167. The first-order valence-corrected chi connectivity index (χ1v) is 8.92. The van der Waals surface area contributed by atoms with Gasteiger partial charge in [-0.1, -0.05) is 36.4 Å². The molecule has 0 aliphatic rings. The lowest BCUT2D eigenvalue weighted by molar-refractivity contribution is 0.0951. The molecule has 6 nitrogen and oxygen atoms in total. The summed E-state index contributed by atoms with van der Waals surface area (Å²) >= 11 is 0. The van der Waals surface area contributed by atoms with Crippen LogP contribution in [-0.4, -0.2) is 25.1 Å². The maximum atomic E-state index is 12.5. The molecule has 0 fully saturated rings. The quantitative estimate of drug-likeness (QED) is 0.627. The number of rotatable bonds is 8. The monoisotopic (exact) mass is 377 g/mol. The SMILES string of the molecule is COc1ccc(CNC(=O)c2ccnc(NCc3ccccc3)c2)cc1OC. The molecule has 1 aromatic heterocycles. The molecule has 0 radical (unpaired) electrons. The highest BCUT2D eigenvalue weighted by atomic mass is 16.5. The van der Waals surface area contributed by atoms with Crippen LogP contribution in [0.4, 0.5) is 5.82 Å². The molecule has 2 aromatic carbocycles. The molecule has 0 spiro atoms. The second kappa shape index (κ2) is 9.41. The molecule has 28 heavy (non-hydrogen) atoms. The Labute approximate surface area is 164 Å². The van der Waals surface area contributed by atoms with E-state index in [0.717, 1.165) is 11.1 Å². The van der Waals surface area contributed by atoms with Crippen LogP contribution in [0.15, 0.2) is 66.9 Å². The van der Waals surface area contributed by atoms with Crippen molar-refractivity contribution in [3.05, 3.63) is 83.6 Å². The molecule has 0 bridgehead atoms. The summed E-state index contributed by atoms with van der Waals surface area (Å²) in [6.07, 6.45) is 1.62. The molecular weight excluding hydrogens is 354 g/mol. The van der Waals surface area contributed by atoms with Crippen molar-refractivity contribution < 1.29 is 14.3 Å². The first-order chi connectivity index (χ1) is 13.7. The Morgan fingerprint density at radius 3 is 2.43 bits per heavy atom. The highest BCUT2D eigenvalue weighted by Gasteiger charge is 2.09. The van der Waals surface area contributed by atoms with Crippen LogP contribution in [0.1, 0.15) is 21.5 Å². The fourth-order valence-corrected chi connectivity index (χ4v) is 2.73. The predicted molar refractivity (Wildman–Crippen MR) is 109 cm³/mol. The molecule has 3 rings (SSSR count). The normalized spacial score (nSPS) is 10.2. The van der Waals surface area contributed by atoms with Gasteiger partial charge >= 0.3 is 0 Å². The van der Waals surface area contributed by atoms with Crippen LogP contribution in [-0.2, 0) is 13.1 Å². The fraction of sp³-hybridized carbons (Fsp3) is 0.182. The molecule has 2 N–H and O–H groups in total. The van der Waals surface area contributed by atoms with Crippen molar-refractivity contribution in [1.29, 1.82) is 0 Å². The van der Waals surface area contributed by atoms with E-state index < -0.39 is 0 Å². The molecule has 0 atom stereocenters. The van der Waals surface area contributed by atoms with Gasteiger partial charge in [-0.3, -0.25) is 4.79 Å². The van der Waals surface area contributed by atoms with Gasteiger partial charge in [-0.25, -0.2) is 4.98 Å². The molecule has 0 saturated carbocycles. The third kappa shape index (κ3) is 5.01. The van der Waals surface area contributed by atoms with E-state index in [1.165, 1.54) is 0 Å². The Morgan fingerprint density at radius 1 is 0.893 bits per heavy atom. The summed E-state index contributed by atoms with van der Waals surface area (Å²) in [5.41, 5.74) is 2.61. The molecule has 3 aromatic rings. The van der Waals surface area contributed by atoms with Gasteiger partial charge in [0.15, 0.2) is 11.5 Å². The van der Waals surface area contributed by atoms with Crippen LogP contribution < -0.4 is 20.1 Å². The molecule has 1 heterocycles. The third-order valence-corrected chi connectivity index (χ3v) is 4.24. The van der Waals surface area contributed by atoms with E-state index in [2.05, 4.69) is 15.6 Å². The van der Waals surface area contributed by atoms with Crippen LogP contribution in [0.5, 0.6) is 11.5 Å². The standard InChI is InChI=1S/C22H23N3O3/c1-27-19-9-8-17(12-20(19)28-2)15-25-22(26)18-10-11-23-21(13-18)24-14-16-6-4-3-5-7-16/h3-13H,14-15H2,1-2H3,(H,23,24)(H,25,26). The molecule has 0 aliphatic heterocycles. The Bertz CT molecular complexity index is 929. The fourth-order valence-electron chi connectivity index (χ4n) is 2.73. The summed E-state index contributed by atoms with van der Waals surface area (Å²) < 4.78 is 10.5. The number of hydrogen-bond acceptors (Lipinski definition) is 5. The molecule has 6 heteroatoms. The number of carbonyl (C=O) groups is 1. The Morgan fingerprint density at radius 2 is 1.68 bits per heavy atom. The average molecular weight is 377 g/mol. The summed E-state index contributed by atoms with van der Waals surface area (Å²) in [5, 5.41) is 6.15. The molecule has 144 valence electrons. The zero-order valence-electron chi connectivity index (χ0n) is 15.9. The topological polar surface area (TPSA) is 72.5 Å². The van der Waals surface area contributed by atoms with E-state index in [9.17, 15) is 4.79 Å². The summed E-state index contributed by atoms with van der Waals surface area (Å²) in [6.45, 7) is 1.03. The van der Waals surface area contributed by atoms with Crippen LogP contribution in [0.2, 0.25) is 0 Å². The van der Waals surface area contributed by atoms with Gasteiger partial charge in [-0.05, 0) is 35.4 Å². The maximum absolute atomic E-state index is 12.5. The largest absolute Gasteiger partial charge is 0.493 e. The lowest BCUT2D eigenvalue weighted by atomic mass is 10.2. The van der Waals surface area contributed by atoms with E-state index >= 15 is 0 Å². The average Bonchev–Trinajstić information content (AvgIpc) is 2.76. The molecular formula is C22H23N3O3. The highest BCUT2D eigenvalue weighted by Crippen LogP contribution is 2.27. The van der Waals surface area contributed by atoms with Gasteiger partial charge in [0.2, 0.25) is 0 Å². The molecule has 0 unspecified atom stereocenters. The number of carbonyl (C=O) groups excluding carboxylic acids is 1. The van der Waals surface area contributed by atoms with E-state index in [1.807, 2.05) is 48.5 Å². The molecule has 1 amide bonds. The van der Waals surface area contributed by atoms with Gasteiger partial charge in [-0.2, -0.15) is 0 Å². The van der Waals surface area contributed by atoms with Gasteiger partial charge in [0.1, 0.15) is 5.82 Å². The number of hydrogen-bond donors (Lipinski definition) is 2. The summed E-state index contributed by atoms with van der Waals surface area (Å²) in [6, 6.07) is 19.0. The van der Waals surface area contributed by atoms with Crippen LogP contribution in [0, 0.1) is 0 Å². The van der Waals surface area contributed by atoms with Gasteiger partial charge in [0.05, 0.1) is 14.2 Å². The van der Waals surface area contributed by atoms with Crippen molar-refractivity contribution >= 4 is 11.7 Å². The second-order valence-electron chi connectivity index (χ2n) is 6.14. The number of pyridine rings is 1. The summed E-state index contributed by atoms with van der Waals surface area (Å²) in [4.78, 5) is 16.8. The first-order valence-electron chi connectivity index (χ1n) is 8.92. The highest BCUT2D eigenvalue weighted by molar-refractivity contribution is 5.94. The van der Waals surface area contributed by atoms with Crippen molar-refractivity contribution in [2.75, 3.05) is 19.5 Å². The van der Waals surface area contributed by atoms with E-state index in [1.54, 1.807) is 32.5 Å². The number of benzene rings is 2. The maximum Gasteiger partial charge on any atom is 0.251 e. The van der Waals surface area contributed by atoms with Gasteiger partial charge < -0.3 is 20.1 Å². The number of nitrogens with one attached hydrogen (secondary N) is 2. The lowest BCUT2D eigenvalue weighted by Crippen LogP contribution is -2.23. The first kappa shape index (κ1) is 19.2. The second-order valence-corrected chi connectivity index (χ2v) is 6.14. The van der Waals surface area contributed by atoms with Gasteiger partial charge in [-0.15, -0.1) is 0 Å². The summed E-state index contributed by atoms with van der Waals surface area (Å²) in [7, 11) is 3.17. The minimum Gasteiger partial charge on any atom is -0.493 e. The molecule has 0 saturated heterocycles. The van der Waals surface area contributed by atoms with Crippen molar-refractivity contribution in [3.8, 4) is 11.5 Å². The Hall–Kier alpha value is -3.54. The van der Waals surface area contributed by atoms with Crippen molar-refractivity contribution in [1.82, 2.24) is 10.3 Å². The van der Waals surface area contributed by atoms with Crippen LogP contribution in [0.3, 0.4) is 0 Å². The zero-order chi connectivity index (χ0) is 19.8. The van der Waals surface area contributed by atoms with E-state index in [-0.39, 0.29) is 5.91 Å². The van der Waals surface area contributed by atoms with Crippen LogP contribution >= 0.6 is 0 Å². The van der Waals surface area contributed by atoms with Crippen molar-refractivity contribution in [2.24, 2.45) is 0 Å². The van der Waals surface area contributed by atoms with E-state index in [4.69, 9.17) is 9.47 Å². The number of methoxy groups -OCH3 is 2. The molecule has 0 aliphatic carbocycles. The predicted octanol–water partition coefficient (Wildman–Crippen LogP) is 3.64. The van der Waals surface area contributed by atoms with Gasteiger partial charge in [0.25, 0.3) is 5.91 Å².